The number of ether oxygens (including phenoxy) is 1. The van der Waals surface area contributed by atoms with Gasteiger partial charge >= 0.3 is 5.97 Å². The highest BCUT2D eigenvalue weighted by Gasteiger charge is 2.26. The molecule has 1 aliphatic heterocycles. The van der Waals surface area contributed by atoms with Crippen molar-refractivity contribution >= 4 is 11.7 Å². The number of nitrogens with one attached hydrogen (secondary N) is 1. The average Bonchev–Trinajstić information content (AvgIpc) is 2.61. The van der Waals surface area contributed by atoms with Crippen LogP contribution in [0.5, 0.6) is 5.75 Å². The Balaban J connectivity index is 2.20. The number of benzene rings is 1. The molecule has 1 unspecified atom stereocenters. The third-order valence-corrected chi connectivity index (χ3v) is 2.44. The molecule has 0 amide bonds. The molecule has 0 spiro atoms. The molecule has 0 aliphatic carbocycles. The van der Waals surface area contributed by atoms with E-state index >= 15 is 0 Å². The van der Waals surface area contributed by atoms with E-state index in [1.165, 1.54) is 0 Å². The van der Waals surface area contributed by atoms with E-state index < -0.39 is 12.0 Å². The lowest BCUT2D eigenvalue weighted by Gasteiger charge is -2.05. The van der Waals surface area contributed by atoms with Gasteiger partial charge in [0.2, 0.25) is 0 Å². The van der Waals surface area contributed by atoms with Gasteiger partial charge < -0.3 is 15.2 Å². The van der Waals surface area contributed by atoms with E-state index in [-0.39, 0.29) is 0 Å². The summed E-state index contributed by atoms with van der Waals surface area (Å²) < 4.78 is 5.35. The Bertz CT molecular complexity index is 389. The molecule has 2 rings (SSSR count). The van der Waals surface area contributed by atoms with Crippen LogP contribution in [0.3, 0.4) is 0 Å². The van der Waals surface area contributed by atoms with Crippen molar-refractivity contribution in [1.82, 2.24) is 0 Å². The van der Waals surface area contributed by atoms with Crippen molar-refractivity contribution in [3.8, 4) is 5.75 Å². The molecular formula is C11H13NO3. The molecule has 0 saturated carbocycles. The van der Waals surface area contributed by atoms with Crippen LogP contribution in [0.2, 0.25) is 0 Å². The first-order chi connectivity index (χ1) is 7.20. The number of aliphatic carboxylic acids is 1. The fourth-order valence-corrected chi connectivity index (χ4v) is 1.74. The second kappa shape index (κ2) is 3.81. The van der Waals surface area contributed by atoms with Gasteiger partial charge in [0, 0.05) is 12.1 Å². The third-order valence-electron chi connectivity index (χ3n) is 2.44. The molecule has 0 aromatic heterocycles. The van der Waals surface area contributed by atoms with Gasteiger partial charge in [0.25, 0.3) is 0 Å². The van der Waals surface area contributed by atoms with Crippen molar-refractivity contribution in [2.45, 2.75) is 19.4 Å². The number of carbonyl (C=O) groups is 1. The molecule has 1 aromatic carbocycles. The van der Waals surface area contributed by atoms with E-state index in [0.29, 0.717) is 13.0 Å². The predicted octanol–water partition coefficient (Wildman–Crippen LogP) is 1.51. The first-order valence-corrected chi connectivity index (χ1v) is 4.95. The van der Waals surface area contributed by atoms with Crippen molar-refractivity contribution < 1.29 is 14.6 Å². The summed E-state index contributed by atoms with van der Waals surface area (Å²) in [4.78, 5) is 10.8. The molecule has 2 N–H and O–H groups in total. The number of rotatable bonds is 3. The number of anilines is 1. The number of carboxylic acids is 1. The van der Waals surface area contributed by atoms with Gasteiger partial charge in [0.15, 0.2) is 0 Å². The zero-order chi connectivity index (χ0) is 10.8. The van der Waals surface area contributed by atoms with Crippen LogP contribution in [-0.4, -0.2) is 23.7 Å². The molecule has 1 aromatic rings. The second-order valence-corrected chi connectivity index (χ2v) is 3.49. The molecule has 1 aliphatic rings. The normalized spacial score (nSPS) is 18.1. The van der Waals surface area contributed by atoms with E-state index in [1.54, 1.807) is 0 Å². The zero-order valence-corrected chi connectivity index (χ0v) is 8.49. The van der Waals surface area contributed by atoms with E-state index in [0.717, 1.165) is 17.0 Å². The largest absolute Gasteiger partial charge is 0.494 e. The minimum absolute atomic E-state index is 0.503. The van der Waals surface area contributed by atoms with Gasteiger partial charge in [-0.3, -0.25) is 0 Å². The second-order valence-electron chi connectivity index (χ2n) is 3.49. The molecule has 80 valence electrons. The molecule has 0 saturated heterocycles. The van der Waals surface area contributed by atoms with Crippen LogP contribution in [0.25, 0.3) is 0 Å². The number of fused-ring (bicyclic) bond motifs is 1. The fraction of sp³-hybridized carbons (Fsp3) is 0.364. The topological polar surface area (TPSA) is 58.6 Å². The van der Waals surface area contributed by atoms with Crippen molar-refractivity contribution in [2.24, 2.45) is 0 Å². The summed E-state index contributed by atoms with van der Waals surface area (Å²) in [6.07, 6.45) is 0.519. The molecule has 0 bridgehead atoms. The Morgan fingerprint density at radius 1 is 1.67 bits per heavy atom. The summed E-state index contributed by atoms with van der Waals surface area (Å²) in [6.45, 7) is 2.54. The Morgan fingerprint density at radius 2 is 2.47 bits per heavy atom. The summed E-state index contributed by atoms with van der Waals surface area (Å²) in [7, 11) is 0. The summed E-state index contributed by atoms with van der Waals surface area (Å²) in [5.74, 6) is -0.0201. The van der Waals surface area contributed by atoms with Crippen LogP contribution in [0.1, 0.15) is 12.5 Å². The summed E-state index contributed by atoms with van der Waals surface area (Å²) >= 11 is 0. The van der Waals surface area contributed by atoms with Gasteiger partial charge in [-0.25, -0.2) is 4.79 Å². The molecule has 0 fully saturated rings. The Kier molecular flexibility index (Phi) is 2.49. The lowest BCUT2D eigenvalue weighted by molar-refractivity contribution is -0.137. The van der Waals surface area contributed by atoms with Crippen LogP contribution < -0.4 is 10.1 Å². The summed E-state index contributed by atoms with van der Waals surface area (Å²) in [6, 6.07) is 5.11. The number of carboxylic acid groups (broad SMARTS) is 1. The smallest absolute Gasteiger partial charge is 0.326 e. The molecular weight excluding hydrogens is 194 g/mol. The average molecular weight is 207 g/mol. The van der Waals surface area contributed by atoms with Gasteiger partial charge in [-0.2, -0.15) is 0 Å². The summed E-state index contributed by atoms with van der Waals surface area (Å²) in [5, 5.41) is 11.8. The van der Waals surface area contributed by atoms with Gasteiger partial charge in [-0.05, 0) is 30.7 Å². The van der Waals surface area contributed by atoms with E-state index in [1.807, 2.05) is 25.1 Å². The number of hydrogen-bond acceptors (Lipinski definition) is 3. The molecule has 1 atom stereocenters. The van der Waals surface area contributed by atoms with Gasteiger partial charge in [-0.15, -0.1) is 0 Å². The van der Waals surface area contributed by atoms with Gasteiger partial charge in [-0.1, -0.05) is 0 Å². The summed E-state index contributed by atoms with van der Waals surface area (Å²) in [5.41, 5.74) is 1.90. The molecule has 1 heterocycles. The maximum Gasteiger partial charge on any atom is 0.326 e. The standard InChI is InChI=1S/C11H13NO3/c1-2-15-8-3-4-9-7(5-8)6-10(12-9)11(13)14/h3-5,10,12H,2,6H2,1H3,(H,13,14). The van der Waals surface area contributed by atoms with Crippen molar-refractivity contribution in [3.63, 3.8) is 0 Å². The SMILES string of the molecule is CCOc1ccc2c(c1)CC(C(=O)O)N2. The van der Waals surface area contributed by atoms with E-state index in [2.05, 4.69) is 5.32 Å². The van der Waals surface area contributed by atoms with Crippen LogP contribution in [-0.2, 0) is 11.2 Å². The molecule has 4 heteroatoms. The molecule has 15 heavy (non-hydrogen) atoms. The Labute approximate surface area is 87.9 Å². The highest BCUT2D eigenvalue weighted by atomic mass is 16.5. The van der Waals surface area contributed by atoms with Gasteiger partial charge in [0.05, 0.1) is 6.61 Å². The van der Waals surface area contributed by atoms with Crippen LogP contribution >= 0.6 is 0 Å². The quantitative estimate of drug-likeness (QED) is 0.788. The van der Waals surface area contributed by atoms with Crippen LogP contribution in [0.15, 0.2) is 18.2 Å². The molecule has 0 radical (unpaired) electrons. The van der Waals surface area contributed by atoms with Crippen LogP contribution in [0.4, 0.5) is 5.69 Å². The van der Waals surface area contributed by atoms with E-state index in [4.69, 9.17) is 9.84 Å². The zero-order valence-electron chi connectivity index (χ0n) is 8.49. The Morgan fingerprint density at radius 3 is 3.13 bits per heavy atom. The number of hydrogen-bond donors (Lipinski definition) is 2. The minimum Gasteiger partial charge on any atom is -0.494 e. The predicted molar refractivity (Wildman–Crippen MR) is 56.4 cm³/mol. The van der Waals surface area contributed by atoms with Crippen LogP contribution in [0, 0.1) is 0 Å². The molecule has 4 nitrogen and oxygen atoms in total. The lowest BCUT2D eigenvalue weighted by atomic mass is 10.1. The van der Waals surface area contributed by atoms with Gasteiger partial charge in [0.1, 0.15) is 11.8 Å². The third kappa shape index (κ3) is 1.88. The van der Waals surface area contributed by atoms with E-state index in [9.17, 15) is 4.79 Å². The fourth-order valence-electron chi connectivity index (χ4n) is 1.74. The first kappa shape index (κ1) is 9.83. The van der Waals surface area contributed by atoms with Crippen molar-refractivity contribution in [3.05, 3.63) is 23.8 Å². The first-order valence-electron chi connectivity index (χ1n) is 4.95. The maximum absolute atomic E-state index is 10.8. The highest BCUT2D eigenvalue weighted by Crippen LogP contribution is 2.29. The van der Waals surface area contributed by atoms with Crippen molar-refractivity contribution in [2.75, 3.05) is 11.9 Å². The van der Waals surface area contributed by atoms with Crippen molar-refractivity contribution in [1.29, 1.82) is 0 Å². The lowest BCUT2D eigenvalue weighted by Crippen LogP contribution is -2.26. The maximum atomic E-state index is 10.8. The minimum atomic E-state index is -0.816. The Hall–Kier alpha value is -1.71. The monoisotopic (exact) mass is 207 g/mol. The highest BCUT2D eigenvalue weighted by molar-refractivity contribution is 5.81.